The van der Waals surface area contributed by atoms with Gasteiger partial charge in [0.2, 0.25) is 11.9 Å². The zero-order valence-electron chi connectivity index (χ0n) is 18.4. The van der Waals surface area contributed by atoms with E-state index in [0.717, 1.165) is 11.1 Å². The molecule has 0 saturated heterocycles. The first-order valence-electron chi connectivity index (χ1n) is 10.4. The van der Waals surface area contributed by atoms with Gasteiger partial charge in [-0.05, 0) is 37.1 Å². The highest BCUT2D eigenvalue weighted by atomic mass is 19.1. The normalized spacial score (nSPS) is 10.7. The summed E-state index contributed by atoms with van der Waals surface area (Å²) < 4.78 is 21.2. The predicted octanol–water partition coefficient (Wildman–Crippen LogP) is 4.18. The third-order valence-electron chi connectivity index (χ3n) is 4.49. The number of aromatic nitrogens is 3. The number of nitrogens with one attached hydrogen (secondary N) is 2. The minimum absolute atomic E-state index is 0.00656. The molecule has 33 heavy (non-hydrogen) atoms. The largest absolute Gasteiger partial charge is 0.488 e. The molecule has 0 spiro atoms. The second kappa shape index (κ2) is 11.0. The number of halogens is 1. The quantitative estimate of drug-likeness (QED) is 0.332. The van der Waals surface area contributed by atoms with Gasteiger partial charge in [0.05, 0.1) is 19.2 Å². The molecule has 0 aliphatic carbocycles. The topological polar surface area (TPSA) is 110 Å². The molecule has 0 atom stereocenters. The lowest BCUT2D eigenvalue weighted by Gasteiger charge is -2.16. The van der Waals surface area contributed by atoms with Crippen molar-refractivity contribution in [1.82, 2.24) is 14.5 Å². The van der Waals surface area contributed by atoms with Gasteiger partial charge in [-0.25, -0.2) is 9.18 Å². The monoisotopic (exact) mass is 452 g/mol. The number of nitrogens with zero attached hydrogens (tertiary/aromatic N) is 4. The van der Waals surface area contributed by atoms with Crippen LogP contribution in [-0.4, -0.2) is 33.7 Å². The van der Waals surface area contributed by atoms with Gasteiger partial charge in [-0.15, -0.1) is 0 Å². The zero-order chi connectivity index (χ0) is 23.8. The van der Waals surface area contributed by atoms with E-state index in [-0.39, 0.29) is 43.4 Å². The number of hydrogen-bond acceptors (Lipinski definition) is 8. The molecule has 3 aromatic rings. The summed E-state index contributed by atoms with van der Waals surface area (Å²) in [5.41, 5.74) is 1.59. The standard InChI is InChI=1S/C23H25FN6O3/c1-4-16-5-7-17(8-6-16)14-30-22(28-21(29-23(30)31)25-11-12-26-32)27-18-9-10-20(19(24)13-18)33-15(2)3/h4-10,13,15H,1,11-12,14H2,2-3H3,(H2,25,27,28,29,31). The lowest BCUT2D eigenvalue weighted by molar-refractivity contribution is 0.231. The summed E-state index contributed by atoms with van der Waals surface area (Å²) >= 11 is 0. The Balaban J connectivity index is 1.94. The summed E-state index contributed by atoms with van der Waals surface area (Å²) in [6.07, 6.45) is 1.55. The van der Waals surface area contributed by atoms with Crippen molar-refractivity contribution < 1.29 is 9.13 Å². The van der Waals surface area contributed by atoms with Gasteiger partial charge in [-0.2, -0.15) is 14.9 Å². The van der Waals surface area contributed by atoms with Gasteiger partial charge in [-0.1, -0.05) is 42.1 Å². The van der Waals surface area contributed by atoms with Crippen molar-refractivity contribution >= 4 is 23.7 Å². The maximum absolute atomic E-state index is 14.5. The summed E-state index contributed by atoms with van der Waals surface area (Å²) in [6.45, 7) is 7.70. The van der Waals surface area contributed by atoms with Gasteiger partial charge < -0.3 is 15.4 Å². The first kappa shape index (κ1) is 23.6. The van der Waals surface area contributed by atoms with Crippen molar-refractivity contribution in [3.05, 3.63) is 81.4 Å². The molecule has 0 unspecified atom stereocenters. The highest BCUT2D eigenvalue weighted by molar-refractivity contribution is 5.56. The van der Waals surface area contributed by atoms with Crippen LogP contribution in [0.5, 0.6) is 5.75 Å². The van der Waals surface area contributed by atoms with Gasteiger partial charge in [-0.3, -0.25) is 4.57 Å². The summed E-state index contributed by atoms with van der Waals surface area (Å²) in [6, 6.07) is 11.9. The minimum Gasteiger partial charge on any atom is -0.488 e. The van der Waals surface area contributed by atoms with E-state index in [1.807, 2.05) is 24.3 Å². The molecule has 2 aromatic carbocycles. The van der Waals surface area contributed by atoms with Crippen molar-refractivity contribution in [2.45, 2.75) is 26.5 Å². The lowest BCUT2D eigenvalue weighted by Crippen LogP contribution is -2.28. The predicted molar refractivity (Wildman–Crippen MR) is 127 cm³/mol. The maximum atomic E-state index is 14.5. The molecule has 0 amide bonds. The summed E-state index contributed by atoms with van der Waals surface area (Å²) in [7, 11) is 0. The molecule has 1 heterocycles. The smallest absolute Gasteiger partial charge is 0.353 e. The molecule has 2 N–H and O–H groups in total. The van der Waals surface area contributed by atoms with Gasteiger partial charge in [0, 0.05) is 18.3 Å². The molecule has 0 saturated carbocycles. The fourth-order valence-corrected chi connectivity index (χ4v) is 2.96. The highest BCUT2D eigenvalue weighted by Gasteiger charge is 2.13. The van der Waals surface area contributed by atoms with E-state index in [2.05, 4.69) is 32.4 Å². The molecule has 0 radical (unpaired) electrons. The Morgan fingerprint density at radius 1 is 1.21 bits per heavy atom. The van der Waals surface area contributed by atoms with E-state index in [4.69, 9.17) is 4.74 Å². The third-order valence-corrected chi connectivity index (χ3v) is 4.49. The Morgan fingerprint density at radius 3 is 2.61 bits per heavy atom. The summed E-state index contributed by atoms with van der Waals surface area (Å²) in [5, 5.41) is 8.53. The average molecular weight is 452 g/mol. The fourth-order valence-electron chi connectivity index (χ4n) is 2.96. The number of anilines is 3. The number of benzene rings is 2. The van der Waals surface area contributed by atoms with Crippen LogP contribution < -0.4 is 21.1 Å². The van der Waals surface area contributed by atoms with Crippen LogP contribution in [0.4, 0.5) is 22.0 Å². The second-order valence-corrected chi connectivity index (χ2v) is 7.40. The molecule has 0 aliphatic heterocycles. The van der Waals surface area contributed by atoms with Gasteiger partial charge in [0.1, 0.15) is 0 Å². The summed E-state index contributed by atoms with van der Waals surface area (Å²) in [5.74, 6) is -0.236. The number of nitroso groups, excluding NO2 is 1. The van der Waals surface area contributed by atoms with Crippen LogP contribution in [-0.2, 0) is 6.54 Å². The highest BCUT2D eigenvalue weighted by Crippen LogP contribution is 2.24. The second-order valence-electron chi connectivity index (χ2n) is 7.40. The average Bonchev–Trinajstić information content (AvgIpc) is 2.78. The molecular weight excluding hydrogens is 427 g/mol. The number of ether oxygens (including phenoxy) is 1. The molecule has 10 heteroatoms. The van der Waals surface area contributed by atoms with Gasteiger partial charge in [0.25, 0.3) is 0 Å². The molecule has 1 aromatic heterocycles. The molecule has 0 bridgehead atoms. The van der Waals surface area contributed by atoms with Crippen LogP contribution in [0.15, 0.2) is 59.0 Å². The number of rotatable bonds is 11. The Bertz CT molecular complexity index is 1180. The van der Waals surface area contributed by atoms with Crippen molar-refractivity contribution in [2.75, 3.05) is 23.7 Å². The van der Waals surface area contributed by atoms with Crippen LogP contribution in [0.2, 0.25) is 0 Å². The molecule has 0 fully saturated rings. The van der Waals surface area contributed by atoms with E-state index in [9.17, 15) is 14.1 Å². The van der Waals surface area contributed by atoms with Crippen LogP contribution in [0, 0.1) is 10.7 Å². The first-order chi connectivity index (χ1) is 15.9. The Labute approximate surface area is 190 Å². The molecule has 9 nitrogen and oxygen atoms in total. The van der Waals surface area contributed by atoms with Crippen molar-refractivity contribution in [3.63, 3.8) is 0 Å². The van der Waals surface area contributed by atoms with Gasteiger partial charge in [0.15, 0.2) is 11.6 Å². The van der Waals surface area contributed by atoms with E-state index in [0.29, 0.717) is 5.69 Å². The van der Waals surface area contributed by atoms with Crippen molar-refractivity contribution in [3.8, 4) is 5.75 Å². The van der Waals surface area contributed by atoms with E-state index >= 15 is 0 Å². The maximum Gasteiger partial charge on any atom is 0.353 e. The van der Waals surface area contributed by atoms with Crippen LogP contribution in [0.25, 0.3) is 6.08 Å². The van der Waals surface area contributed by atoms with Crippen molar-refractivity contribution in [1.29, 1.82) is 0 Å². The third kappa shape index (κ3) is 6.45. The summed E-state index contributed by atoms with van der Waals surface area (Å²) in [4.78, 5) is 31.4. The van der Waals surface area contributed by atoms with Crippen molar-refractivity contribution in [2.24, 2.45) is 5.18 Å². The molecule has 3 rings (SSSR count). The van der Waals surface area contributed by atoms with Crippen LogP contribution >= 0.6 is 0 Å². The minimum atomic E-state index is -0.568. The Hall–Kier alpha value is -4.08. The fraction of sp³-hybridized carbons (Fsp3) is 0.261. The molecule has 172 valence electrons. The first-order valence-corrected chi connectivity index (χ1v) is 10.4. The SMILES string of the molecule is C=Cc1ccc(Cn2c(Nc3ccc(OC(C)C)c(F)c3)nc(NCCN=O)nc2=O)cc1. The Morgan fingerprint density at radius 2 is 1.97 bits per heavy atom. The van der Waals surface area contributed by atoms with E-state index in [1.54, 1.807) is 26.0 Å². The van der Waals surface area contributed by atoms with Crippen LogP contribution in [0.1, 0.15) is 25.0 Å². The van der Waals surface area contributed by atoms with E-state index in [1.165, 1.54) is 16.7 Å². The molecular formula is C23H25FN6O3. The zero-order valence-corrected chi connectivity index (χ0v) is 18.4. The van der Waals surface area contributed by atoms with Crippen LogP contribution in [0.3, 0.4) is 0 Å². The molecule has 0 aliphatic rings. The van der Waals surface area contributed by atoms with E-state index < -0.39 is 11.5 Å². The van der Waals surface area contributed by atoms with Gasteiger partial charge >= 0.3 is 5.69 Å². The Kier molecular flexibility index (Phi) is 7.85. The number of hydrogen-bond donors (Lipinski definition) is 2. The lowest BCUT2D eigenvalue weighted by atomic mass is 10.1.